The maximum Gasteiger partial charge on any atom is 0.308 e. The maximum atomic E-state index is 12.6. The van der Waals surface area contributed by atoms with Crippen molar-refractivity contribution in [3.63, 3.8) is 0 Å². The standard InChI is InChI=1S/C19H23NO6/c1-11(2)17(22)15-16(20(9-10-25-4)19(24)18(15)23)13-5-7-14(8-6-13)26-12(3)21/h5-8,11,16,23H,9-10H2,1-4H3. The van der Waals surface area contributed by atoms with Crippen LogP contribution in [0.15, 0.2) is 35.6 Å². The molecule has 0 aliphatic carbocycles. The summed E-state index contributed by atoms with van der Waals surface area (Å²) < 4.78 is 10.1. The van der Waals surface area contributed by atoms with Crippen molar-refractivity contribution in [3.05, 3.63) is 41.2 Å². The highest BCUT2D eigenvalue weighted by Crippen LogP contribution is 2.39. The number of methoxy groups -OCH3 is 1. The Morgan fingerprint density at radius 2 is 1.85 bits per heavy atom. The summed E-state index contributed by atoms with van der Waals surface area (Å²) in [7, 11) is 1.51. The lowest BCUT2D eigenvalue weighted by molar-refractivity contribution is -0.132. The summed E-state index contributed by atoms with van der Waals surface area (Å²) >= 11 is 0. The van der Waals surface area contributed by atoms with Gasteiger partial charge in [0.25, 0.3) is 5.91 Å². The lowest BCUT2D eigenvalue weighted by atomic mass is 9.91. The van der Waals surface area contributed by atoms with Gasteiger partial charge >= 0.3 is 5.97 Å². The van der Waals surface area contributed by atoms with Crippen molar-refractivity contribution in [3.8, 4) is 5.75 Å². The van der Waals surface area contributed by atoms with Crippen molar-refractivity contribution >= 4 is 17.7 Å². The number of Topliss-reactive ketones (excluding diaryl/α,β-unsaturated/α-hetero) is 1. The Balaban J connectivity index is 2.45. The van der Waals surface area contributed by atoms with Crippen molar-refractivity contribution in [2.75, 3.05) is 20.3 Å². The van der Waals surface area contributed by atoms with Crippen LogP contribution in [0.2, 0.25) is 0 Å². The molecular weight excluding hydrogens is 338 g/mol. The Hall–Kier alpha value is -2.67. The predicted molar refractivity (Wildman–Crippen MR) is 93.6 cm³/mol. The minimum atomic E-state index is -0.709. The second-order valence-electron chi connectivity index (χ2n) is 6.34. The first-order chi connectivity index (χ1) is 12.3. The zero-order valence-corrected chi connectivity index (χ0v) is 15.3. The topological polar surface area (TPSA) is 93.1 Å². The summed E-state index contributed by atoms with van der Waals surface area (Å²) in [5, 5.41) is 10.3. The largest absolute Gasteiger partial charge is 0.503 e. The van der Waals surface area contributed by atoms with Crippen molar-refractivity contribution < 1.29 is 29.0 Å². The number of ketones is 1. The van der Waals surface area contributed by atoms with E-state index in [1.165, 1.54) is 18.9 Å². The van der Waals surface area contributed by atoms with E-state index in [2.05, 4.69) is 0 Å². The van der Waals surface area contributed by atoms with E-state index < -0.39 is 23.7 Å². The number of amides is 1. The first kappa shape index (κ1) is 19.7. The van der Waals surface area contributed by atoms with Gasteiger partial charge in [-0.25, -0.2) is 0 Å². The molecule has 1 N–H and O–H groups in total. The quantitative estimate of drug-likeness (QED) is 0.591. The van der Waals surface area contributed by atoms with Gasteiger partial charge in [-0.3, -0.25) is 14.4 Å². The van der Waals surface area contributed by atoms with Gasteiger partial charge in [-0.05, 0) is 17.7 Å². The van der Waals surface area contributed by atoms with Crippen LogP contribution in [0.3, 0.4) is 0 Å². The van der Waals surface area contributed by atoms with Crippen molar-refractivity contribution in [1.82, 2.24) is 4.90 Å². The Morgan fingerprint density at radius 3 is 2.35 bits per heavy atom. The van der Waals surface area contributed by atoms with E-state index in [1.807, 2.05) is 0 Å². The van der Waals surface area contributed by atoms with E-state index in [9.17, 15) is 19.5 Å². The lowest BCUT2D eigenvalue weighted by Crippen LogP contribution is -2.34. The fourth-order valence-corrected chi connectivity index (χ4v) is 2.87. The third-order valence-electron chi connectivity index (χ3n) is 4.09. The van der Waals surface area contributed by atoms with Crippen LogP contribution in [-0.2, 0) is 19.1 Å². The van der Waals surface area contributed by atoms with Crippen LogP contribution >= 0.6 is 0 Å². The highest BCUT2D eigenvalue weighted by Gasteiger charge is 2.43. The van der Waals surface area contributed by atoms with Gasteiger partial charge in [0, 0.05) is 26.5 Å². The summed E-state index contributed by atoms with van der Waals surface area (Å²) in [6.45, 7) is 5.22. The van der Waals surface area contributed by atoms with Crippen LogP contribution in [0.4, 0.5) is 0 Å². The van der Waals surface area contributed by atoms with Gasteiger partial charge in [0.1, 0.15) is 5.75 Å². The van der Waals surface area contributed by atoms with Crippen LogP contribution in [-0.4, -0.2) is 47.9 Å². The number of carbonyl (C=O) groups is 3. The number of benzene rings is 1. The molecule has 0 aromatic heterocycles. The van der Waals surface area contributed by atoms with E-state index >= 15 is 0 Å². The smallest absolute Gasteiger partial charge is 0.308 e. The summed E-state index contributed by atoms with van der Waals surface area (Å²) in [4.78, 5) is 37.6. The molecule has 1 aromatic rings. The van der Waals surface area contributed by atoms with Gasteiger partial charge in [0.15, 0.2) is 11.5 Å². The second-order valence-corrected chi connectivity index (χ2v) is 6.34. The number of ether oxygens (including phenoxy) is 2. The molecule has 7 nitrogen and oxygen atoms in total. The van der Waals surface area contributed by atoms with E-state index in [0.29, 0.717) is 11.3 Å². The molecule has 0 saturated heterocycles. The molecule has 140 valence electrons. The Kier molecular flexibility index (Phi) is 6.15. The van der Waals surface area contributed by atoms with Crippen molar-refractivity contribution in [2.24, 2.45) is 5.92 Å². The van der Waals surface area contributed by atoms with E-state index in [-0.39, 0.29) is 30.4 Å². The number of nitrogens with zero attached hydrogens (tertiary/aromatic N) is 1. The third kappa shape index (κ3) is 3.94. The van der Waals surface area contributed by atoms with E-state index in [4.69, 9.17) is 9.47 Å². The van der Waals surface area contributed by atoms with Gasteiger partial charge in [0.2, 0.25) is 0 Å². The number of hydrogen-bond donors (Lipinski definition) is 1. The second kappa shape index (κ2) is 8.14. The average molecular weight is 361 g/mol. The van der Waals surface area contributed by atoms with Gasteiger partial charge in [0.05, 0.1) is 18.2 Å². The molecule has 1 aromatic carbocycles. The molecule has 1 heterocycles. The van der Waals surface area contributed by atoms with Gasteiger partial charge in [-0.2, -0.15) is 0 Å². The number of esters is 1. The molecule has 0 radical (unpaired) electrons. The molecule has 1 aliphatic rings. The molecule has 0 fully saturated rings. The molecule has 1 atom stereocenters. The van der Waals surface area contributed by atoms with E-state index in [1.54, 1.807) is 38.1 Å². The van der Waals surface area contributed by atoms with Gasteiger partial charge in [-0.15, -0.1) is 0 Å². The lowest BCUT2D eigenvalue weighted by Gasteiger charge is -2.27. The maximum absolute atomic E-state index is 12.6. The van der Waals surface area contributed by atoms with Crippen LogP contribution in [0.1, 0.15) is 32.4 Å². The molecule has 26 heavy (non-hydrogen) atoms. The molecule has 0 spiro atoms. The summed E-state index contributed by atoms with van der Waals surface area (Å²) in [6, 6.07) is 5.80. The van der Waals surface area contributed by atoms with Crippen LogP contribution < -0.4 is 4.74 Å². The first-order valence-electron chi connectivity index (χ1n) is 8.33. The zero-order chi connectivity index (χ0) is 19.4. The Morgan fingerprint density at radius 1 is 1.23 bits per heavy atom. The zero-order valence-electron chi connectivity index (χ0n) is 15.3. The normalized spacial score (nSPS) is 17.2. The van der Waals surface area contributed by atoms with Crippen LogP contribution in [0, 0.1) is 5.92 Å². The minimum Gasteiger partial charge on any atom is -0.503 e. The van der Waals surface area contributed by atoms with Crippen molar-refractivity contribution in [2.45, 2.75) is 26.8 Å². The number of aliphatic hydroxyl groups excluding tert-OH is 1. The molecule has 7 heteroatoms. The third-order valence-corrected chi connectivity index (χ3v) is 4.09. The number of aliphatic hydroxyl groups is 1. The molecule has 1 aliphatic heterocycles. The molecular formula is C19H23NO6. The molecule has 0 saturated carbocycles. The Bertz CT molecular complexity index is 735. The average Bonchev–Trinajstić information content (AvgIpc) is 2.83. The molecule has 2 rings (SSSR count). The molecule has 1 unspecified atom stereocenters. The fourth-order valence-electron chi connectivity index (χ4n) is 2.87. The predicted octanol–water partition coefficient (Wildman–Crippen LogP) is 2.18. The highest BCUT2D eigenvalue weighted by atomic mass is 16.5. The van der Waals surface area contributed by atoms with Crippen molar-refractivity contribution in [1.29, 1.82) is 0 Å². The van der Waals surface area contributed by atoms with Gasteiger partial charge < -0.3 is 19.5 Å². The van der Waals surface area contributed by atoms with E-state index in [0.717, 1.165) is 0 Å². The SMILES string of the molecule is COCCN1C(=O)C(O)=C(C(=O)C(C)C)C1c1ccc(OC(C)=O)cc1. The number of rotatable bonds is 7. The number of hydrogen-bond acceptors (Lipinski definition) is 6. The minimum absolute atomic E-state index is 0.0846. The summed E-state index contributed by atoms with van der Waals surface area (Å²) in [5.74, 6) is -1.85. The van der Waals surface area contributed by atoms with Gasteiger partial charge in [-0.1, -0.05) is 26.0 Å². The van der Waals surface area contributed by atoms with Crippen LogP contribution in [0.25, 0.3) is 0 Å². The first-order valence-corrected chi connectivity index (χ1v) is 8.33. The summed E-state index contributed by atoms with van der Waals surface area (Å²) in [6.07, 6.45) is 0. The number of carbonyl (C=O) groups excluding carboxylic acids is 3. The molecule has 1 amide bonds. The summed E-state index contributed by atoms with van der Waals surface area (Å²) in [5.41, 5.74) is 0.722. The monoisotopic (exact) mass is 361 g/mol. The van der Waals surface area contributed by atoms with Crippen LogP contribution in [0.5, 0.6) is 5.75 Å². The fraction of sp³-hybridized carbons (Fsp3) is 0.421. The Labute approximate surface area is 152 Å². The molecule has 0 bridgehead atoms. The highest BCUT2D eigenvalue weighted by molar-refractivity contribution is 6.09.